The van der Waals surface area contributed by atoms with Crippen LogP contribution in [0.15, 0.2) is 30.3 Å². The van der Waals surface area contributed by atoms with Crippen LogP contribution < -0.4 is 4.74 Å². The number of hydrogen-bond donors (Lipinski definition) is 1. The van der Waals surface area contributed by atoms with Gasteiger partial charge in [-0.05, 0) is 36.1 Å². The van der Waals surface area contributed by atoms with E-state index < -0.39 is 5.97 Å². The normalized spacial score (nSPS) is 16.2. The van der Waals surface area contributed by atoms with E-state index in [0.717, 1.165) is 30.1 Å². The minimum absolute atomic E-state index is 0.0866. The van der Waals surface area contributed by atoms with Crippen LogP contribution in [0.25, 0.3) is 0 Å². The molecular formula is C14H18O3S. The molecule has 1 N–H and O–H groups in total. The van der Waals surface area contributed by atoms with Crippen molar-refractivity contribution in [2.75, 3.05) is 18.1 Å². The zero-order valence-corrected chi connectivity index (χ0v) is 11.1. The van der Waals surface area contributed by atoms with Crippen molar-refractivity contribution < 1.29 is 14.6 Å². The van der Waals surface area contributed by atoms with Crippen molar-refractivity contribution in [1.29, 1.82) is 0 Å². The Morgan fingerprint density at radius 3 is 2.67 bits per heavy atom. The Hall–Kier alpha value is -1.16. The van der Waals surface area contributed by atoms with E-state index >= 15 is 0 Å². The molecule has 0 saturated heterocycles. The van der Waals surface area contributed by atoms with Gasteiger partial charge < -0.3 is 9.84 Å². The Balaban J connectivity index is 1.58. The minimum Gasteiger partial charge on any atom is -0.493 e. The highest BCUT2D eigenvalue weighted by Gasteiger charge is 2.43. The Kier molecular flexibility index (Phi) is 4.53. The molecule has 4 heteroatoms. The number of rotatable bonds is 8. The standard InChI is InChI=1S/C14H18O3S/c15-13(16)10-14(6-7-14)11-18-9-8-17-12-4-2-1-3-5-12/h1-5H,6-11H2,(H,15,16). The second-order valence-electron chi connectivity index (χ2n) is 4.78. The molecule has 98 valence electrons. The van der Waals surface area contributed by atoms with Crippen molar-refractivity contribution in [2.24, 2.45) is 5.41 Å². The Bertz CT molecular complexity index is 387. The van der Waals surface area contributed by atoms with Gasteiger partial charge in [0.05, 0.1) is 13.0 Å². The summed E-state index contributed by atoms with van der Waals surface area (Å²) in [5.41, 5.74) is 0.0866. The topological polar surface area (TPSA) is 46.5 Å². The molecule has 1 aliphatic carbocycles. The SMILES string of the molecule is O=C(O)CC1(CSCCOc2ccccc2)CC1. The van der Waals surface area contributed by atoms with Gasteiger partial charge in [0.15, 0.2) is 0 Å². The van der Waals surface area contributed by atoms with Gasteiger partial charge in [0.25, 0.3) is 0 Å². The molecule has 0 aromatic heterocycles. The smallest absolute Gasteiger partial charge is 0.303 e. The Labute approximate surface area is 112 Å². The maximum atomic E-state index is 10.7. The van der Waals surface area contributed by atoms with Crippen LogP contribution in [0, 0.1) is 5.41 Å². The summed E-state index contributed by atoms with van der Waals surface area (Å²) < 4.78 is 5.59. The van der Waals surface area contributed by atoms with Gasteiger partial charge in [-0.1, -0.05) is 18.2 Å². The van der Waals surface area contributed by atoms with Crippen LogP contribution in [0.1, 0.15) is 19.3 Å². The summed E-state index contributed by atoms with van der Waals surface area (Å²) in [6.07, 6.45) is 2.44. The molecular weight excluding hydrogens is 248 g/mol. The van der Waals surface area contributed by atoms with Crippen molar-refractivity contribution in [1.82, 2.24) is 0 Å². The van der Waals surface area contributed by atoms with Crippen LogP contribution in [0.4, 0.5) is 0 Å². The zero-order valence-electron chi connectivity index (χ0n) is 10.3. The average Bonchev–Trinajstić information content (AvgIpc) is 3.09. The molecule has 2 rings (SSSR count). The predicted molar refractivity (Wildman–Crippen MR) is 73.2 cm³/mol. The number of carboxylic acid groups (broad SMARTS) is 1. The molecule has 3 nitrogen and oxygen atoms in total. The summed E-state index contributed by atoms with van der Waals surface area (Å²) in [5, 5.41) is 8.81. The number of thioether (sulfide) groups is 1. The molecule has 1 fully saturated rings. The summed E-state index contributed by atoms with van der Waals surface area (Å²) in [7, 11) is 0. The summed E-state index contributed by atoms with van der Waals surface area (Å²) in [5.74, 6) is 2.08. The van der Waals surface area contributed by atoms with Crippen molar-refractivity contribution in [3.8, 4) is 5.75 Å². The van der Waals surface area contributed by atoms with Crippen LogP contribution in [-0.2, 0) is 4.79 Å². The number of benzene rings is 1. The quantitative estimate of drug-likeness (QED) is 0.735. The van der Waals surface area contributed by atoms with Gasteiger partial charge in [-0.25, -0.2) is 0 Å². The molecule has 0 amide bonds. The van der Waals surface area contributed by atoms with Gasteiger partial charge in [-0.3, -0.25) is 4.79 Å². The van der Waals surface area contributed by atoms with E-state index in [1.165, 1.54) is 0 Å². The highest BCUT2D eigenvalue weighted by Crippen LogP contribution is 2.50. The highest BCUT2D eigenvalue weighted by atomic mass is 32.2. The molecule has 0 spiro atoms. The lowest BCUT2D eigenvalue weighted by molar-refractivity contribution is -0.138. The number of ether oxygens (including phenoxy) is 1. The van der Waals surface area contributed by atoms with Crippen molar-refractivity contribution in [3.05, 3.63) is 30.3 Å². The first kappa shape index (κ1) is 13.3. The number of hydrogen-bond acceptors (Lipinski definition) is 3. The first-order chi connectivity index (χ1) is 8.70. The molecule has 1 aromatic carbocycles. The van der Waals surface area contributed by atoms with Crippen molar-refractivity contribution >= 4 is 17.7 Å². The third kappa shape index (κ3) is 4.26. The minimum atomic E-state index is -0.673. The Morgan fingerprint density at radius 1 is 1.33 bits per heavy atom. The predicted octanol–water partition coefficient (Wildman–Crippen LogP) is 3.05. The first-order valence-corrected chi connectivity index (χ1v) is 7.33. The molecule has 0 atom stereocenters. The van der Waals surface area contributed by atoms with Crippen LogP contribution in [0.2, 0.25) is 0 Å². The fourth-order valence-corrected chi connectivity index (χ4v) is 3.06. The zero-order chi connectivity index (χ0) is 12.8. The lowest BCUT2D eigenvalue weighted by atomic mass is 10.1. The van der Waals surface area contributed by atoms with E-state index in [1.54, 1.807) is 11.8 Å². The Morgan fingerprint density at radius 2 is 2.06 bits per heavy atom. The lowest BCUT2D eigenvalue weighted by Gasteiger charge is -2.12. The average molecular weight is 266 g/mol. The summed E-state index contributed by atoms with van der Waals surface area (Å²) in [4.78, 5) is 10.7. The third-order valence-electron chi connectivity index (χ3n) is 3.13. The van der Waals surface area contributed by atoms with Gasteiger partial charge in [0, 0.05) is 5.75 Å². The molecule has 0 aliphatic heterocycles. The number of aliphatic carboxylic acids is 1. The fraction of sp³-hybridized carbons (Fsp3) is 0.500. The van der Waals surface area contributed by atoms with E-state index in [2.05, 4.69) is 0 Å². The van der Waals surface area contributed by atoms with Crippen LogP contribution >= 0.6 is 11.8 Å². The first-order valence-electron chi connectivity index (χ1n) is 6.18. The summed E-state index contributed by atoms with van der Waals surface area (Å²) in [6.45, 7) is 0.678. The molecule has 0 bridgehead atoms. The molecule has 18 heavy (non-hydrogen) atoms. The summed E-state index contributed by atoms with van der Waals surface area (Å²) >= 11 is 1.80. The highest BCUT2D eigenvalue weighted by molar-refractivity contribution is 7.99. The maximum Gasteiger partial charge on any atom is 0.303 e. The third-order valence-corrected chi connectivity index (χ3v) is 4.40. The van der Waals surface area contributed by atoms with E-state index in [1.807, 2.05) is 30.3 Å². The number of carbonyl (C=O) groups is 1. The monoisotopic (exact) mass is 266 g/mol. The fourth-order valence-electron chi connectivity index (χ4n) is 1.89. The molecule has 0 radical (unpaired) electrons. The molecule has 1 aromatic rings. The summed E-state index contributed by atoms with van der Waals surface area (Å²) in [6, 6.07) is 9.75. The van der Waals surface area contributed by atoms with Gasteiger partial charge in [0.1, 0.15) is 5.75 Å². The molecule has 0 heterocycles. The second-order valence-corrected chi connectivity index (χ2v) is 5.89. The van der Waals surface area contributed by atoms with Gasteiger partial charge in [-0.2, -0.15) is 11.8 Å². The van der Waals surface area contributed by atoms with E-state index in [4.69, 9.17) is 9.84 Å². The van der Waals surface area contributed by atoms with Gasteiger partial charge in [-0.15, -0.1) is 0 Å². The van der Waals surface area contributed by atoms with Crippen LogP contribution in [-0.4, -0.2) is 29.2 Å². The van der Waals surface area contributed by atoms with Gasteiger partial charge in [0.2, 0.25) is 0 Å². The van der Waals surface area contributed by atoms with Crippen molar-refractivity contribution in [2.45, 2.75) is 19.3 Å². The number of carboxylic acids is 1. The maximum absolute atomic E-state index is 10.7. The second kappa shape index (κ2) is 6.14. The van der Waals surface area contributed by atoms with Crippen LogP contribution in [0.3, 0.4) is 0 Å². The molecule has 1 aliphatic rings. The van der Waals surface area contributed by atoms with E-state index in [-0.39, 0.29) is 5.41 Å². The van der Waals surface area contributed by atoms with E-state index in [0.29, 0.717) is 13.0 Å². The van der Waals surface area contributed by atoms with Gasteiger partial charge >= 0.3 is 5.97 Å². The van der Waals surface area contributed by atoms with Crippen molar-refractivity contribution in [3.63, 3.8) is 0 Å². The molecule has 1 saturated carbocycles. The number of para-hydroxylation sites is 1. The molecule has 0 unspecified atom stereocenters. The van der Waals surface area contributed by atoms with E-state index in [9.17, 15) is 4.79 Å². The largest absolute Gasteiger partial charge is 0.493 e. The van der Waals surface area contributed by atoms with Crippen LogP contribution in [0.5, 0.6) is 5.75 Å². The lowest BCUT2D eigenvalue weighted by Crippen LogP contribution is -2.12.